The van der Waals surface area contributed by atoms with E-state index in [0.29, 0.717) is 46.2 Å². The lowest BCUT2D eigenvalue weighted by atomic mass is 10.1. The van der Waals surface area contributed by atoms with Crippen LogP contribution >= 0.6 is 10.8 Å². The number of nitrogens with zero attached hydrogens (tertiary/aromatic N) is 4. The molecule has 1 atom stereocenters. The molecule has 2 aromatic carbocycles. The summed E-state index contributed by atoms with van der Waals surface area (Å²) in [5.74, 6) is 0.800. The zero-order valence-corrected chi connectivity index (χ0v) is 19.6. The van der Waals surface area contributed by atoms with Gasteiger partial charge in [-0.05, 0) is 55.2 Å². The monoisotopic (exact) mass is 488 g/mol. The van der Waals surface area contributed by atoms with Gasteiger partial charge in [0.05, 0.1) is 41.2 Å². The van der Waals surface area contributed by atoms with Gasteiger partial charge in [0.25, 0.3) is 5.56 Å². The van der Waals surface area contributed by atoms with E-state index in [1.807, 2.05) is 47.1 Å². The molecule has 6 rings (SSSR count). The number of rotatable bonds is 6. The summed E-state index contributed by atoms with van der Waals surface area (Å²) in [5, 5.41) is 17.8. The van der Waals surface area contributed by atoms with Crippen molar-refractivity contribution in [3.8, 4) is 6.07 Å². The lowest BCUT2D eigenvalue weighted by Crippen LogP contribution is -2.20. The van der Waals surface area contributed by atoms with Crippen LogP contribution in [0, 0.1) is 17.2 Å². The molecule has 9 nitrogen and oxygen atoms in total. The van der Waals surface area contributed by atoms with Gasteiger partial charge in [-0.1, -0.05) is 29.0 Å². The Kier molecular flexibility index (Phi) is 5.07. The lowest BCUT2D eigenvalue weighted by molar-refractivity contribution is 0.426. The van der Waals surface area contributed by atoms with Crippen LogP contribution in [-0.2, 0) is 6.54 Å². The summed E-state index contributed by atoms with van der Waals surface area (Å²) < 4.78 is 25.3. The summed E-state index contributed by atoms with van der Waals surface area (Å²) in [5.41, 5.74) is 2.64. The number of H-pyrrole nitrogens is 1. The van der Waals surface area contributed by atoms with Crippen molar-refractivity contribution < 1.29 is 9.11 Å². The van der Waals surface area contributed by atoms with Crippen LogP contribution in [0.15, 0.2) is 70.5 Å². The minimum atomic E-state index is -3.15. The molecule has 4 N–H and O–H groups in total. The summed E-state index contributed by atoms with van der Waals surface area (Å²) in [7, 11) is -3.15. The Labute approximate surface area is 203 Å². The predicted octanol–water partition coefficient (Wildman–Crippen LogP) is 5.38. The molecule has 10 heteroatoms. The molecule has 1 fully saturated rings. The average molecular weight is 489 g/mol. The van der Waals surface area contributed by atoms with Gasteiger partial charge >= 0.3 is 0 Å². The van der Waals surface area contributed by atoms with Gasteiger partial charge in [0, 0.05) is 17.4 Å². The van der Waals surface area contributed by atoms with Gasteiger partial charge in [-0.15, -0.1) is 0 Å². The van der Waals surface area contributed by atoms with Crippen LogP contribution in [0.3, 0.4) is 0 Å². The highest BCUT2D eigenvalue weighted by Crippen LogP contribution is 2.60. The Balaban J connectivity index is 1.37. The fourth-order valence-corrected chi connectivity index (χ4v) is 6.55. The molecular formula is C25H24N6O3S. The van der Waals surface area contributed by atoms with Gasteiger partial charge < -0.3 is 10.3 Å². The number of pyridine rings is 1. The van der Waals surface area contributed by atoms with E-state index in [1.165, 1.54) is 0 Å². The Hall–Kier alpha value is -3.78. The number of hydrogen-bond donors (Lipinski definition) is 4. The number of fused-ring (bicyclic) bond motifs is 2. The Bertz CT molecular complexity index is 1520. The number of benzene rings is 2. The van der Waals surface area contributed by atoms with Gasteiger partial charge in [0.2, 0.25) is 0 Å². The highest BCUT2D eigenvalue weighted by Gasteiger charge is 2.36. The summed E-state index contributed by atoms with van der Waals surface area (Å²) in [6.45, 7) is 0.346. The van der Waals surface area contributed by atoms with Crippen LogP contribution in [0.4, 0.5) is 17.2 Å². The van der Waals surface area contributed by atoms with Gasteiger partial charge in [-0.3, -0.25) is 22.9 Å². The Morgan fingerprint density at radius 2 is 2.00 bits per heavy atom. The standard InChI is InChI=1S/C25H24N6O3S/c26-12-10-20(16-6-7-16)31-21-11-13-27-25(32)23(21)24(29-31)28-18-8-9-22-17(14-18)15-30(35(22,33)34)19-4-2-1-3-5-19/h1-5,8-9,11,13-14,16,20,33-34H,6-7,10,15H2,(H,27,32)(H,28,29). The van der Waals surface area contributed by atoms with E-state index >= 15 is 0 Å². The summed E-state index contributed by atoms with van der Waals surface area (Å²) in [6.07, 6.45) is 4.03. The van der Waals surface area contributed by atoms with Crippen LogP contribution in [0.25, 0.3) is 10.9 Å². The van der Waals surface area contributed by atoms with Gasteiger partial charge in [-0.2, -0.15) is 10.4 Å². The summed E-state index contributed by atoms with van der Waals surface area (Å²) >= 11 is 0. The van der Waals surface area contributed by atoms with Crippen molar-refractivity contribution in [2.75, 3.05) is 9.62 Å². The van der Waals surface area contributed by atoms with Crippen molar-refractivity contribution in [3.05, 3.63) is 76.7 Å². The van der Waals surface area contributed by atoms with Crippen LogP contribution < -0.4 is 15.2 Å². The van der Waals surface area contributed by atoms with Crippen LogP contribution in [0.5, 0.6) is 0 Å². The molecule has 2 aliphatic rings. The van der Waals surface area contributed by atoms with Crippen molar-refractivity contribution in [3.63, 3.8) is 0 Å². The van der Waals surface area contributed by atoms with Crippen molar-refractivity contribution in [1.82, 2.24) is 14.8 Å². The van der Waals surface area contributed by atoms with E-state index in [2.05, 4.69) is 16.4 Å². The molecule has 1 saturated carbocycles. The Morgan fingerprint density at radius 1 is 1.20 bits per heavy atom. The number of hydrogen-bond acceptors (Lipinski definition) is 7. The highest BCUT2D eigenvalue weighted by molar-refractivity contribution is 8.25. The molecule has 1 aliphatic carbocycles. The normalized spacial score (nSPS) is 18.1. The molecule has 0 radical (unpaired) electrons. The fourth-order valence-electron chi connectivity index (χ4n) is 4.85. The van der Waals surface area contributed by atoms with Crippen molar-refractivity contribution in [2.24, 2.45) is 5.92 Å². The first kappa shape index (κ1) is 21.7. The number of anilines is 3. The first-order valence-electron chi connectivity index (χ1n) is 11.4. The second-order valence-corrected chi connectivity index (χ2v) is 10.9. The zero-order chi connectivity index (χ0) is 24.2. The first-order chi connectivity index (χ1) is 17.0. The van der Waals surface area contributed by atoms with E-state index in [9.17, 15) is 19.2 Å². The number of nitrogens with one attached hydrogen (secondary N) is 2. The van der Waals surface area contributed by atoms with E-state index in [-0.39, 0.29) is 11.6 Å². The molecular weight excluding hydrogens is 464 g/mol. The number of aromatic amines is 1. The maximum Gasteiger partial charge on any atom is 0.261 e. The molecule has 0 spiro atoms. The molecule has 2 aromatic heterocycles. The van der Waals surface area contributed by atoms with Crippen LogP contribution in [0.2, 0.25) is 0 Å². The number of aromatic nitrogens is 3. The maximum absolute atomic E-state index is 12.8. The van der Waals surface area contributed by atoms with E-state index in [1.54, 1.807) is 22.6 Å². The molecule has 178 valence electrons. The second-order valence-electron chi connectivity index (χ2n) is 8.97. The highest BCUT2D eigenvalue weighted by atomic mass is 32.3. The molecule has 1 aliphatic heterocycles. The molecule has 35 heavy (non-hydrogen) atoms. The largest absolute Gasteiger partial charge is 0.338 e. The van der Waals surface area contributed by atoms with Gasteiger partial charge in [0.1, 0.15) is 5.39 Å². The van der Waals surface area contributed by atoms with Crippen LogP contribution in [-0.4, -0.2) is 23.9 Å². The molecule has 3 heterocycles. The summed E-state index contributed by atoms with van der Waals surface area (Å²) in [6, 6.07) is 18.6. The molecule has 0 saturated heterocycles. The van der Waals surface area contributed by atoms with E-state index < -0.39 is 10.8 Å². The van der Waals surface area contributed by atoms with Crippen molar-refractivity contribution >= 4 is 38.9 Å². The quantitative estimate of drug-likeness (QED) is 0.287. The Morgan fingerprint density at radius 3 is 2.74 bits per heavy atom. The number of nitriles is 1. The molecule has 0 bridgehead atoms. The third kappa shape index (κ3) is 3.65. The third-order valence-electron chi connectivity index (χ3n) is 6.69. The molecule has 4 aromatic rings. The van der Waals surface area contributed by atoms with Crippen LogP contribution in [0.1, 0.15) is 30.9 Å². The minimum Gasteiger partial charge on any atom is -0.338 e. The predicted molar refractivity (Wildman–Crippen MR) is 136 cm³/mol. The van der Waals surface area contributed by atoms with E-state index in [4.69, 9.17) is 5.10 Å². The summed E-state index contributed by atoms with van der Waals surface area (Å²) in [4.78, 5) is 16.0. The maximum atomic E-state index is 12.8. The first-order valence-corrected chi connectivity index (χ1v) is 13.0. The lowest BCUT2D eigenvalue weighted by Gasteiger charge is -2.38. The van der Waals surface area contributed by atoms with Gasteiger partial charge in [-0.25, -0.2) is 0 Å². The number of para-hydroxylation sites is 1. The SMILES string of the molecule is N#CCC(C1CC1)n1nc(Nc2ccc3c(c2)CN(c2ccccc2)S3(O)O)c2c(=O)[nH]ccc21. The fraction of sp³-hybridized carbons (Fsp3) is 0.240. The second kappa shape index (κ2) is 8.16. The molecule has 0 amide bonds. The van der Waals surface area contributed by atoms with Crippen molar-refractivity contribution in [1.29, 1.82) is 5.26 Å². The van der Waals surface area contributed by atoms with Crippen molar-refractivity contribution in [2.45, 2.75) is 36.7 Å². The van der Waals surface area contributed by atoms with Gasteiger partial charge in [0.15, 0.2) is 5.82 Å². The minimum absolute atomic E-state index is 0.0766. The smallest absolute Gasteiger partial charge is 0.261 e. The average Bonchev–Trinajstić information content (AvgIpc) is 3.58. The molecule has 1 unspecified atom stereocenters. The zero-order valence-electron chi connectivity index (χ0n) is 18.8. The third-order valence-corrected chi connectivity index (χ3v) is 8.64. The van der Waals surface area contributed by atoms with E-state index in [0.717, 1.165) is 24.1 Å². The topological polar surface area (TPSA) is 130 Å².